The first-order valence-electron chi connectivity index (χ1n) is 5.77. The molecule has 1 heterocycles. The molecule has 0 fully saturated rings. The fraction of sp³-hybridized carbons (Fsp3) is 0.333. The molecule has 0 unspecified atom stereocenters. The summed E-state index contributed by atoms with van der Waals surface area (Å²) < 4.78 is 4.84. The molecule has 0 saturated carbocycles. The van der Waals surface area contributed by atoms with Gasteiger partial charge in [-0.3, -0.25) is 10.1 Å². The predicted octanol–water partition coefficient (Wildman–Crippen LogP) is -0.174. The van der Waals surface area contributed by atoms with Gasteiger partial charge in [0, 0.05) is 19.7 Å². The molecule has 0 aliphatic carbocycles. The van der Waals surface area contributed by atoms with Crippen LogP contribution in [0.3, 0.4) is 0 Å². The second kappa shape index (κ2) is 7.58. The summed E-state index contributed by atoms with van der Waals surface area (Å²) in [6, 6.07) is 0. The van der Waals surface area contributed by atoms with Gasteiger partial charge in [-0.25, -0.2) is 9.59 Å². The van der Waals surface area contributed by atoms with E-state index in [1.807, 2.05) is 0 Å². The van der Waals surface area contributed by atoms with E-state index in [2.05, 4.69) is 26.5 Å². The number of anilines is 1. The van der Waals surface area contributed by atoms with Gasteiger partial charge < -0.3 is 15.0 Å². The molecule has 20 heavy (non-hydrogen) atoms. The number of hydrogen-bond acceptors (Lipinski definition) is 5. The van der Waals surface area contributed by atoms with Crippen LogP contribution in [0, 0.1) is 12.3 Å². The van der Waals surface area contributed by atoms with Crippen LogP contribution in [0.1, 0.15) is 18.9 Å². The molecule has 1 rings (SSSR count). The molecule has 0 atom stereocenters. The standard InChI is InChI=1S/C12H14N4O4/c1-3-9-7-14-11(18)15-10(9)16-12(19)20-6-4-5-13-8(2)17/h1,7H,4-6H2,2H3,(H,13,17)(H2,14,15,16,18,19). The van der Waals surface area contributed by atoms with Gasteiger partial charge in [-0.1, -0.05) is 5.92 Å². The number of ether oxygens (including phenoxy) is 1. The third-order valence-electron chi connectivity index (χ3n) is 2.11. The number of terminal acetylenes is 1. The van der Waals surface area contributed by atoms with Gasteiger partial charge in [-0.05, 0) is 6.42 Å². The molecule has 0 radical (unpaired) electrons. The monoisotopic (exact) mass is 278 g/mol. The third-order valence-corrected chi connectivity index (χ3v) is 2.11. The average molecular weight is 278 g/mol. The van der Waals surface area contributed by atoms with Crippen LogP contribution in [0.2, 0.25) is 0 Å². The number of aromatic amines is 1. The maximum atomic E-state index is 11.4. The third kappa shape index (κ3) is 5.22. The molecule has 0 bridgehead atoms. The van der Waals surface area contributed by atoms with Crippen molar-refractivity contribution < 1.29 is 14.3 Å². The molecule has 1 aromatic heterocycles. The first kappa shape index (κ1) is 15.2. The van der Waals surface area contributed by atoms with Gasteiger partial charge in [0.1, 0.15) is 0 Å². The molecule has 0 saturated heterocycles. The van der Waals surface area contributed by atoms with E-state index in [0.717, 1.165) is 0 Å². The fourth-order valence-electron chi connectivity index (χ4n) is 1.24. The van der Waals surface area contributed by atoms with E-state index in [-0.39, 0.29) is 23.9 Å². The first-order valence-corrected chi connectivity index (χ1v) is 5.77. The zero-order chi connectivity index (χ0) is 15.0. The molecule has 0 spiro atoms. The topological polar surface area (TPSA) is 113 Å². The molecular formula is C12H14N4O4. The van der Waals surface area contributed by atoms with Crippen molar-refractivity contribution in [3.8, 4) is 12.3 Å². The van der Waals surface area contributed by atoms with Crippen LogP contribution in [0.15, 0.2) is 11.0 Å². The van der Waals surface area contributed by atoms with E-state index in [1.165, 1.54) is 13.1 Å². The fourth-order valence-corrected chi connectivity index (χ4v) is 1.24. The van der Waals surface area contributed by atoms with Crippen LogP contribution >= 0.6 is 0 Å². The molecule has 2 amide bonds. The van der Waals surface area contributed by atoms with E-state index in [9.17, 15) is 14.4 Å². The first-order chi connectivity index (χ1) is 9.52. The predicted molar refractivity (Wildman–Crippen MR) is 71.1 cm³/mol. The van der Waals surface area contributed by atoms with Crippen LogP contribution in [-0.2, 0) is 9.53 Å². The summed E-state index contributed by atoms with van der Waals surface area (Å²) in [5, 5.41) is 4.84. The molecule has 0 aromatic carbocycles. The van der Waals surface area contributed by atoms with Gasteiger partial charge in [0.15, 0.2) is 5.82 Å². The Morgan fingerprint density at radius 3 is 2.95 bits per heavy atom. The quantitative estimate of drug-likeness (QED) is 0.511. The highest BCUT2D eigenvalue weighted by Crippen LogP contribution is 2.06. The number of hydrogen-bond donors (Lipinski definition) is 3. The van der Waals surface area contributed by atoms with E-state index >= 15 is 0 Å². The second-order valence-electron chi connectivity index (χ2n) is 3.71. The molecule has 106 valence electrons. The Morgan fingerprint density at radius 1 is 1.55 bits per heavy atom. The normalized spacial score (nSPS) is 9.40. The Labute approximate surface area is 114 Å². The smallest absolute Gasteiger partial charge is 0.412 e. The Kier molecular flexibility index (Phi) is 5.77. The van der Waals surface area contributed by atoms with Crippen molar-refractivity contribution in [2.24, 2.45) is 0 Å². The zero-order valence-electron chi connectivity index (χ0n) is 10.9. The van der Waals surface area contributed by atoms with Crippen LogP contribution < -0.4 is 16.3 Å². The largest absolute Gasteiger partial charge is 0.449 e. The Morgan fingerprint density at radius 2 is 2.30 bits per heavy atom. The highest BCUT2D eigenvalue weighted by Gasteiger charge is 2.08. The highest BCUT2D eigenvalue weighted by molar-refractivity contribution is 5.84. The number of rotatable bonds is 5. The molecule has 0 aliphatic rings. The number of nitrogens with zero attached hydrogens (tertiary/aromatic N) is 1. The molecular weight excluding hydrogens is 264 g/mol. The number of carbonyl (C=O) groups excluding carboxylic acids is 2. The molecule has 3 N–H and O–H groups in total. The van der Waals surface area contributed by atoms with E-state index in [1.54, 1.807) is 0 Å². The van der Waals surface area contributed by atoms with Crippen molar-refractivity contribution in [3.05, 3.63) is 22.2 Å². The van der Waals surface area contributed by atoms with Crippen molar-refractivity contribution in [2.45, 2.75) is 13.3 Å². The van der Waals surface area contributed by atoms with Gasteiger partial charge in [0.25, 0.3) is 0 Å². The van der Waals surface area contributed by atoms with Crippen LogP contribution in [-0.4, -0.2) is 35.1 Å². The van der Waals surface area contributed by atoms with Gasteiger partial charge in [0.05, 0.1) is 12.2 Å². The Hall–Kier alpha value is -2.82. The van der Waals surface area contributed by atoms with Gasteiger partial charge >= 0.3 is 11.8 Å². The number of amides is 2. The minimum absolute atomic E-state index is 0.0388. The summed E-state index contributed by atoms with van der Waals surface area (Å²) in [6.07, 6.45) is 6.16. The SMILES string of the molecule is C#Cc1c[nH]c(=O)nc1NC(=O)OCCCNC(C)=O. The molecule has 8 nitrogen and oxygen atoms in total. The van der Waals surface area contributed by atoms with E-state index < -0.39 is 11.8 Å². The lowest BCUT2D eigenvalue weighted by atomic mass is 10.3. The van der Waals surface area contributed by atoms with Crippen LogP contribution in [0.4, 0.5) is 10.6 Å². The van der Waals surface area contributed by atoms with Crippen molar-refractivity contribution in [2.75, 3.05) is 18.5 Å². The zero-order valence-corrected chi connectivity index (χ0v) is 10.9. The summed E-state index contributed by atoms with van der Waals surface area (Å²) in [7, 11) is 0. The number of H-pyrrole nitrogens is 1. The summed E-state index contributed by atoms with van der Waals surface area (Å²) in [6.45, 7) is 1.91. The maximum Gasteiger partial charge on any atom is 0.412 e. The van der Waals surface area contributed by atoms with Gasteiger partial charge in [-0.15, -0.1) is 6.42 Å². The van der Waals surface area contributed by atoms with Crippen molar-refractivity contribution in [3.63, 3.8) is 0 Å². The molecule has 1 aromatic rings. The van der Waals surface area contributed by atoms with Crippen molar-refractivity contribution in [1.29, 1.82) is 0 Å². The number of aromatic nitrogens is 2. The lowest BCUT2D eigenvalue weighted by Gasteiger charge is -2.07. The maximum absolute atomic E-state index is 11.4. The van der Waals surface area contributed by atoms with Crippen LogP contribution in [0.5, 0.6) is 0 Å². The molecule has 0 aliphatic heterocycles. The van der Waals surface area contributed by atoms with Gasteiger partial charge in [-0.2, -0.15) is 4.98 Å². The lowest BCUT2D eigenvalue weighted by Crippen LogP contribution is -2.24. The van der Waals surface area contributed by atoms with Gasteiger partial charge in [0.2, 0.25) is 5.91 Å². The van der Waals surface area contributed by atoms with E-state index in [4.69, 9.17) is 11.2 Å². The van der Waals surface area contributed by atoms with Crippen molar-refractivity contribution >= 4 is 17.8 Å². The Bertz CT molecular complexity index is 588. The lowest BCUT2D eigenvalue weighted by molar-refractivity contribution is -0.118. The summed E-state index contributed by atoms with van der Waals surface area (Å²) in [4.78, 5) is 38.9. The van der Waals surface area contributed by atoms with Crippen molar-refractivity contribution in [1.82, 2.24) is 15.3 Å². The average Bonchev–Trinajstić information content (AvgIpc) is 2.38. The summed E-state index contributed by atoms with van der Waals surface area (Å²) >= 11 is 0. The van der Waals surface area contributed by atoms with Crippen LogP contribution in [0.25, 0.3) is 0 Å². The summed E-state index contributed by atoms with van der Waals surface area (Å²) in [5.41, 5.74) is -0.398. The summed E-state index contributed by atoms with van der Waals surface area (Å²) in [5.74, 6) is 2.08. The van der Waals surface area contributed by atoms with E-state index in [0.29, 0.717) is 13.0 Å². The number of carbonyl (C=O) groups is 2. The highest BCUT2D eigenvalue weighted by atomic mass is 16.5. The second-order valence-corrected chi connectivity index (χ2v) is 3.71. The molecule has 8 heteroatoms. The number of nitrogens with one attached hydrogen (secondary N) is 3. The Balaban J connectivity index is 2.43. The minimum Gasteiger partial charge on any atom is -0.449 e. The minimum atomic E-state index is -0.776.